The predicted molar refractivity (Wildman–Crippen MR) is 66.9 cm³/mol. The average Bonchev–Trinajstić information content (AvgIpc) is 2.31. The quantitative estimate of drug-likeness (QED) is 0.492. The van der Waals surface area contributed by atoms with Crippen molar-refractivity contribution in [1.82, 2.24) is 10.2 Å². The van der Waals surface area contributed by atoms with E-state index in [0.29, 0.717) is 19.6 Å². The van der Waals surface area contributed by atoms with Crippen LogP contribution in [-0.2, 0) is 14.3 Å². The Bertz CT molecular complexity index is 194. The number of primary amides is 1. The second-order valence-corrected chi connectivity index (χ2v) is 3.86. The molecule has 6 nitrogen and oxygen atoms in total. The lowest BCUT2D eigenvalue weighted by molar-refractivity contribution is -0.120. The third-order valence-corrected chi connectivity index (χ3v) is 2.65. The minimum Gasteiger partial charge on any atom is -0.383 e. The molecule has 0 radical (unpaired) electrons. The lowest BCUT2D eigenvalue weighted by Gasteiger charge is -2.23. The number of ether oxygens (including phenoxy) is 2. The van der Waals surface area contributed by atoms with Gasteiger partial charge in [0, 0.05) is 33.9 Å². The first-order chi connectivity index (χ1) is 8.15. The summed E-state index contributed by atoms with van der Waals surface area (Å²) in [6, 6.07) is -0.275. The minimum absolute atomic E-state index is 0.275. The van der Waals surface area contributed by atoms with Gasteiger partial charge in [0.15, 0.2) is 0 Å². The summed E-state index contributed by atoms with van der Waals surface area (Å²) in [7, 11) is 5.09. The summed E-state index contributed by atoms with van der Waals surface area (Å²) >= 11 is 0. The number of methoxy groups -OCH3 is 2. The zero-order valence-corrected chi connectivity index (χ0v) is 11.1. The van der Waals surface area contributed by atoms with Crippen LogP contribution in [0.4, 0.5) is 0 Å². The van der Waals surface area contributed by atoms with E-state index >= 15 is 0 Å². The summed E-state index contributed by atoms with van der Waals surface area (Å²) in [4.78, 5) is 13.3. The molecule has 3 N–H and O–H groups in total. The number of carbonyl (C=O) groups excluding carboxylic acids is 1. The fraction of sp³-hybridized carbons (Fsp3) is 0.909. The van der Waals surface area contributed by atoms with Gasteiger partial charge in [0.2, 0.25) is 5.91 Å². The smallest absolute Gasteiger partial charge is 0.234 e. The van der Waals surface area contributed by atoms with E-state index in [1.807, 2.05) is 0 Å². The maximum absolute atomic E-state index is 11.1. The molecule has 1 atom stereocenters. The van der Waals surface area contributed by atoms with Crippen molar-refractivity contribution in [2.24, 2.45) is 5.73 Å². The molecule has 0 saturated heterocycles. The summed E-state index contributed by atoms with van der Waals surface area (Å²) in [6.45, 7) is 3.79. The molecule has 0 aliphatic heterocycles. The molecule has 17 heavy (non-hydrogen) atoms. The predicted octanol–water partition coefficient (Wildman–Crippen LogP) is -0.955. The number of hydrogen-bond acceptors (Lipinski definition) is 5. The van der Waals surface area contributed by atoms with Crippen molar-refractivity contribution < 1.29 is 14.3 Å². The molecule has 1 unspecified atom stereocenters. The number of nitrogens with two attached hydrogens (primary N) is 1. The van der Waals surface area contributed by atoms with Crippen LogP contribution in [0.1, 0.15) is 6.42 Å². The molecule has 0 rings (SSSR count). The first-order valence-electron chi connectivity index (χ1n) is 5.82. The number of nitrogens with one attached hydrogen (secondary N) is 1. The molecule has 102 valence electrons. The van der Waals surface area contributed by atoms with Gasteiger partial charge in [-0.15, -0.1) is 0 Å². The Hall–Kier alpha value is -0.690. The Morgan fingerprint density at radius 3 is 2.12 bits per heavy atom. The third-order valence-electron chi connectivity index (χ3n) is 2.65. The molecule has 1 amide bonds. The van der Waals surface area contributed by atoms with Crippen LogP contribution in [0, 0.1) is 0 Å². The Balaban J connectivity index is 3.98. The van der Waals surface area contributed by atoms with Gasteiger partial charge in [0.05, 0.1) is 19.3 Å². The molecule has 0 aliphatic carbocycles. The van der Waals surface area contributed by atoms with Crippen LogP contribution < -0.4 is 11.1 Å². The van der Waals surface area contributed by atoms with Crippen molar-refractivity contribution in [3.05, 3.63) is 0 Å². The highest BCUT2D eigenvalue weighted by Crippen LogP contribution is 1.97. The fourth-order valence-corrected chi connectivity index (χ4v) is 1.52. The lowest BCUT2D eigenvalue weighted by Crippen LogP contribution is -2.42. The van der Waals surface area contributed by atoms with E-state index in [1.54, 1.807) is 21.3 Å². The molecule has 0 heterocycles. The standard InChI is InChI=1S/C11H25N3O3/c1-13-10(11(12)15)4-5-14(6-8-16-2)7-9-17-3/h10,13H,4-9H2,1-3H3,(H2,12,15). The fourth-order valence-electron chi connectivity index (χ4n) is 1.52. The zero-order chi connectivity index (χ0) is 13.1. The molecule has 0 aromatic heterocycles. The van der Waals surface area contributed by atoms with E-state index in [9.17, 15) is 4.79 Å². The minimum atomic E-state index is -0.314. The normalized spacial score (nSPS) is 12.9. The number of nitrogens with zero attached hydrogens (tertiary/aromatic N) is 1. The second-order valence-electron chi connectivity index (χ2n) is 3.86. The van der Waals surface area contributed by atoms with Gasteiger partial charge in [0.1, 0.15) is 0 Å². The van der Waals surface area contributed by atoms with Crippen molar-refractivity contribution in [1.29, 1.82) is 0 Å². The molecular formula is C11H25N3O3. The van der Waals surface area contributed by atoms with Gasteiger partial charge in [-0.2, -0.15) is 0 Å². The Labute approximate surface area is 103 Å². The monoisotopic (exact) mass is 247 g/mol. The maximum Gasteiger partial charge on any atom is 0.234 e. The summed E-state index contributed by atoms with van der Waals surface area (Å²) in [5.74, 6) is -0.314. The van der Waals surface area contributed by atoms with Crippen LogP contribution in [0.3, 0.4) is 0 Å². The van der Waals surface area contributed by atoms with Crippen LogP contribution in [0.25, 0.3) is 0 Å². The summed E-state index contributed by atoms with van der Waals surface area (Å²) in [6.07, 6.45) is 0.694. The van der Waals surface area contributed by atoms with Gasteiger partial charge in [-0.3, -0.25) is 9.69 Å². The van der Waals surface area contributed by atoms with Gasteiger partial charge in [0.25, 0.3) is 0 Å². The number of rotatable bonds is 11. The number of hydrogen-bond donors (Lipinski definition) is 2. The third kappa shape index (κ3) is 8.09. The zero-order valence-electron chi connectivity index (χ0n) is 11.1. The topological polar surface area (TPSA) is 76.8 Å². The van der Waals surface area contributed by atoms with Gasteiger partial charge in [-0.25, -0.2) is 0 Å². The van der Waals surface area contributed by atoms with Gasteiger partial charge in [-0.1, -0.05) is 0 Å². The molecule has 0 bridgehead atoms. The largest absolute Gasteiger partial charge is 0.383 e. The number of amides is 1. The molecular weight excluding hydrogens is 222 g/mol. The summed E-state index contributed by atoms with van der Waals surface area (Å²) < 4.78 is 10.1. The highest BCUT2D eigenvalue weighted by atomic mass is 16.5. The van der Waals surface area contributed by atoms with Crippen LogP contribution >= 0.6 is 0 Å². The van der Waals surface area contributed by atoms with Crippen LogP contribution in [0.2, 0.25) is 0 Å². The van der Waals surface area contributed by atoms with E-state index in [0.717, 1.165) is 19.6 Å². The van der Waals surface area contributed by atoms with Crippen LogP contribution in [0.5, 0.6) is 0 Å². The molecule has 0 saturated carbocycles. The summed E-state index contributed by atoms with van der Waals surface area (Å²) in [5.41, 5.74) is 5.26. The molecule has 6 heteroatoms. The first-order valence-corrected chi connectivity index (χ1v) is 5.82. The van der Waals surface area contributed by atoms with E-state index < -0.39 is 0 Å². The summed E-state index contributed by atoms with van der Waals surface area (Å²) in [5, 5.41) is 2.91. The van der Waals surface area contributed by atoms with Crippen LogP contribution in [-0.4, -0.2) is 71.0 Å². The average molecular weight is 247 g/mol. The maximum atomic E-state index is 11.1. The number of likely N-dealkylation sites (N-methyl/N-ethyl adjacent to an activating group) is 1. The Kier molecular flexibility index (Phi) is 10.0. The van der Waals surface area contributed by atoms with Gasteiger partial charge >= 0.3 is 0 Å². The Morgan fingerprint density at radius 1 is 1.24 bits per heavy atom. The number of carbonyl (C=O) groups is 1. The van der Waals surface area contributed by atoms with Crippen molar-refractivity contribution in [2.45, 2.75) is 12.5 Å². The van der Waals surface area contributed by atoms with Crippen molar-refractivity contribution in [2.75, 3.05) is 54.1 Å². The highest BCUT2D eigenvalue weighted by molar-refractivity contribution is 5.79. The van der Waals surface area contributed by atoms with Crippen molar-refractivity contribution >= 4 is 5.91 Å². The second kappa shape index (κ2) is 10.5. The van der Waals surface area contributed by atoms with Gasteiger partial charge < -0.3 is 20.5 Å². The Morgan fingerprint density at radius 2 is 1.76 bits per heavy atom. The van der Waals surface area contributed by atoms with E-state index in [-0.39, 0.29) is 11.9 Å². The van der Waals surface area contributed by atoms with Crippen molar-refractivity contribution in [3.63, 3.8) is 0 Å². The first kappa shape index (κ1) is 16.3. The van der Waals surface area contributed by atoms with Gasteiger partial charge in [-0.05, 0) is 13.5 Å². The SMILES string of the molecule is CNC(CCN(CCOC)CCOC)C(N)=O. The van der Waals surface area contributed by atoms with E-state index in [1.165, 1.54) is 0 Å². The molecule has 0 fully saturated rings. The molecule has 0 aromatic rings. The van der Waals surface area contributed by atoms with E-state index in [4.69, 9.17) is 15.2 Å². The lowest BCUT2D eigenvalue weighted by atomic mass is 10.2. The van der Waals surface area contributed by atoms with Crippen molar-refractivity contribution in [3.8, 4) is 0 Å². The van der Waals surface area contributed by atoms with E-state index in [2.05, 4.69) is 10.2 Å². The molecule has 0 spiro atoms. The molecule has 0 aliphatic rings. The molecule has 0 aromatic carbocycles. The van der Waals surface area contributed by atoms with Crippen LogP contribution in [0.15, 0.2) is 0 Å². The highest BCUT2D eigenvalue weighted by Gasteiger charge is 2.14.